The molecule has 0 saturated carbocycles. The molecule has 4 aromatic rings. The van der Waals surface area contributed by atoms with Gasteiger partial charge in [0, 0.05) is 17.3 Å². The number of nitrogens with zero attached hydrogens (tertiary/aromatic N) is 4. The maximum atomic E-state index is 4.40. The van der Waals surface area contributed by atoms with Crippen molar-refractivity contribution in [1.82, 2.24) is 20.0 Å². The molecule has 2 aromatic carbocycles. The molecule has 0 atom stereocenters. The van der Waals surface area contributed by atoms with Crippen LogP contribution in [0.4, 0.5) is 0 Å². The van der Waals surface area contributed by atoms with E-state index in [4.69, 9.17) is 0 Å². The van der Waals surface area contributed by atoms with E-state index >= 15 is 0 Å². The fraction of sp³-hybridized carbons (Fsp3) is 0. The van der Waals surface area contributed by atoms with Gasteiger partial charge in [-0.25, -0.2) is 4.68 Å². The second kappa shape index (κ2) is 5.85. The van der Waals surface area contributed by atoms with Crippen molar-refractivity contribution in [2.45, 2.75) is 0 Å². The first kappa shape index (κ1) is 13.4. The Morgan fingerprint density at radius 2 is 1.48 bits per heavy atom. The van der Waals surface area contributed by atoms with Gasteiger partial charge in [-0.1, -0.05) is 47.7 Å². The second-order valence-corrected chi connectivity index (χ2v) is 5.18. The van der Waals surface area contributed by atoms with Crippen LogP contribution in [0.1, 0.15) is 0 Å². The molecule has 23 heavy (non-hydrogen) atoms. The molecule has 4 heteroatoms. The SMILES string of the molecule is c1ccc(-n2cc(-c3cccc(-c4ccccn4)c3)nn2)cc1. The third kappa shape index (κ3) is 2.74. The summed E-state index contributed by atoms with van der Waals surface area (Å²) < 4.78 is 1.78. The van der Waals surface area contributed by atoms with Crippen molar-refractivity contribution in [3.05, 3.63) is 85.2 Å². The van der Waals surface area contributed by atoms with Crippen molar-refractivity contribution in [3.63, 3.8) is 0 Å². The number of hydrogen-bond acceptors (Lipinski definition) is 3. The Kier molecular flexibility index (Phi) is 3.41. The lowest BCUT2D eigenvalue weighted by molar-refractivity contribution is 0.804. The van der Waals surface area contributed by atoms with Crippen LogP contribution >= 0.6 is 0 Å². The third-order valence-electron chi connectivity index (χ3n) is 3.63. The Hall–Kier alpha value is -3.27. The molecule has 0 aliphatic carbocycles. The van der Waals surface area contributed by atoms with E-state index in [-0.39, 0.29) is 0 Å². The lowest BCUT2D eigenvalue weighted by Crippen LogP contribution is -1.93. The van der Waals surface area contributed by atoms with Crippen LogP contribution in [-0.2, 0) is 0 Å². The molecular formula is C19H14N4. The first-order valence-electron chi connectivity index (χ1n) is 7.40. The molecule has 0 aliphatic heterocycles. The van der Waals surface area contributed by atoms with Crippen LogP contribution in [0, 0.1) is 0 Å². The minimum Gasteiger partial charge on any atom is -0.256 e. The van der Waals surface area contributed by atoms with Crippen LogP contribution < -0.4 is 0 Å². The quantitative estimate of drug-likeness (QED) is 0.574. The Labute approximate surface area is 134 Å². The number of rotatable bonds is 3. The number of para-hydroxylation sites is 1. The topological polar surface area (TPSA) is 43.6 Å². The first-order valence-corrected chi connectivity index (χ1v) is 7.40. The molecule has 0 bridgehead atoms. The highest BCUT2D eigenvalue weighted by Crippen LogP contribution is 2.24. The zero-order valence-electron chi connectivity index (χ0n) is 12.4. The van der Waals surface area contributed by atoms with Crippen LogP contribution in [0.3, 0.4) is 0 Å². The van der Waals surface area contributed by atoms with Gasteiger partial charge in [-0.05, 0) is 30.3 Å². The molecule has 4 rings (SSSR count). The fourth-order valence-corrected chi connectivity index (χ4v) is 2.47. The highest BCUT2D eigenvalue weighted by atomic mass is 15.4. The molecule has 0 unspecified atom stereocenters. The van der Waals surface area contributed by atoms with Gasteiger partial charge in [0.25, 0.3) is 0 Å². The Morgan fingerprint density at radius 3 is 2.26 bits per heavy atom. The van der Waals surface area contributed by atoms with Gasteiger partial charge >= 0.3 is 0 Å². The van der Waals surface area contributed by atoms with Crippen LogP contribution in [0.15, 0.2) is 85.2 Å². The lowest BCUT2D eigenvalue weighted by atomic mass is 10.1. The molecule has 0 aliphatic rings. The Morgan fingerprint density at radius 1 is 0.696 bits per heavy atom. The van der Waals surface area contributed by atoms with Crippen molar-refractivity contribution >= 4 is 0 Å². The molecule has 2 heterocycles. The van der Waals surface area contributed by atoms with E-state index in [0.29, 0.717) is 0 Å². The van der Waals surface area contributed by atoms with E-state index in [1.54, 1.807) is 10.9 Å². The van der Waals surface area contributed by atoms with Crippen molar-refractivity contribution in [2.24, 2.45) is 0 Å². The lowest BCUT2D eigenvalue weighted by Gasteiger charge is -2.02. The van der Waals surface area contributed by atoms with Gasteiger partial charge in [-0.2, -0.15) is 0 Å². The zero-order chi connectivity index (χ0) is 15.5. The standard InChI is InChI=1S/C19H14N4/c1-2-9-17(10-3-1)23-14-19(21-22-23)16-8-6-7-15(13-16)18-11-4-5-12-20-18/h1-14H. The summed E-state index contributed by atoms with van der Waals surface area (Å²) in [5.41, 5.74) is 4.87. The summed E-state index contributed by atoms with van der Waals surface area (Å²) in [6.45, 7) is 0. The molecule has 110 valence electrons. The highest BCUT2D eigenvalue weighted by Gasteiger charge is 2.07. The Balaban J connectivity index is 1.71. The number of pyridine rings is 1. The number of aromatic nitrogens is 4. The average Bonchev–Trinajstić information content (AvgIpc) is 3.14. The molecular weight excluding hydrogens is 284 g/mol. The summed E-state index contributed by atoms with van der Waals surface area (Å²) in [7, 11) is 0. The van der Waals surface area contributed by atoms with E-state index in [2.05, 4.69) is 21.4 Å². The largest absolute Gasteiger partial charge is 0.256 e. The molecule has 0 N–H and O–H groups in total. The van der Waals surface area contributed by atoms with Crippen molar-refractivity contribution in [1.29, 1.82) is 0 Å². The third-order valence-corrected chi connectivity index (χ3v) is 3.63. The maximum absolute atomic E-state index is 4.40. The molecule has 2 aromatic heterocycles. The van der Waals surface area contributed by atoms with Crippen LogP contribution in [-0.4, -0.2) is 20.0 Å². The summed E-state index contributed by atoms with van der Waals surface area (Å²) in [5, 5.41) is 8.51. The fourth-order valence-electron chi connectivity index (χ4n) is 2.47. The van der Waals surface area contributed by atoms with Gasteiger partial charge in [-0.15, -0.1) is 5.10 Å². The first-order chi connectivity index (χ1) is 11.4. The van der Waals surface area contributed by atoms with Crippen LogP contribution in [0.25, 0.3) is 28.2 Å². The van der Waals surface area contributed by atoms with E-state index < -0.39 is 0 Å². The predicted molar refractivity (Wildman–Crippen MR) is 90.0 cm³/mol. The highest BCUT2D eigenvalue weighted by molar-refractivity contribution is 5.68. The van der Waals surface area contributed by atoms with Gasteiger partial charge in [0.15, 0.2) is 0 Å². The van der Waals surface area contributed by atoms with Crippen LogP contribution in [0.5, 0.6) is 0 Å². The second-order valence-electron chi connectivity index (χ2n) is 5.18. The minimum atomic E-state index is 0.839. The van der Waals surface area contributed by atoms with Crippen molar-refractivity contribution in [2.75, 3.05) is 0 Å². The summed E-state index contributed by atoms with van der Waals surface area (Å²) >= 11 is 0. The predicted octanol–water partition coefficient (Wildman–Crippen LogP) is 4.00. The maximum Gasteiger partial charge on any atom is 0.113 e. The van der Waals surface area contributed by atoms with Crippen molar-refractivity contribution < 1.29 is 0 Å². The van der Waals surface area contributed by atoms with E-state index in [0.717, 1.165) is 28.2 Å². The summed E-state index contributed by atoms with van der Waals surface area (Å²) in [6.07, 6.45) is 3.74. The zero-order valence-corrected chi connectivity index (χ0v) is 12.4. The van der Waals surface area contributed by atoms with Gasteiger partial charge in [0.1, 0.15) is 5.69 Å². The normalized spacial score (nSPS) is 10.6. The van der Waals surface area contributed by atoms with Gasteiger partial charge < -0.3 is 0 Å². The smallest absolute Gasteiger partial charge is 0.113 e. The molecule has 0 spiro atoms. The summed E-state index contributed by atoms with van der Waals surface area (Å²) in [6, 6.07) is 24.0. The van der Waals surface area contributed by atoms with Crippen LogP contribution in [0.2, 0.25) is 0 Å². The Bertz CT molecular complexity index is 914. The molecule has 0 saturated heterocycles. The minimum absolute atomic E-state index is 0.839. The molecule has 4 nitrogen and oxygen atoms in total. The molecule has 0 radical (unpaired) electrons. The summed E-state index contributed by atoms with van der Waals surface area (Å²) in [5.74, 6) is 0. The van der Waals surface area contributed by atoms with Gasteiger partial charge in [0.2, 0.25) is 0 Å². The molecule has 0 amide bonds. The number of benzene rings is 2. The van der Waals surface area contributed by atoms with E-state index in [1.807, 2.05) is 72.9 Å². The van der Waals surface area contributed by atoms with Gasteiger partial charge in [0.05, 0.1) is 17.6 Å². The molecule has 0 fully saturated rings. The average molecular weight is 298 g/mol. The van der Waals surface area contributed by atoms with E-state index in [1.165, 1.54) is 0 Å². The van der Waals surface area contributed by atoms with E-state index in [9.17, 15) is 0 Å². The van der Waals surface area contributed by atoms with Gasteiger partial charge in [-0.3, -0.25) is 4.98 Å². The summed E-state index contributed by atoms with van der Waals surface area (Å²) in [4.78, 5) is 4.40. The number of hydrogen-bond donors (Lipinski definition) is 0. The monoisotopic (exact) mass is 298 g/mol. The van der Waals surface area contributed by atoms with Crippen molar-refractivity contribution in [3.8, 4) is 28.2 Å².